The summed E-state index contributed by atoms with van der Waals surface area (Å²) in [7, 11) is 2.11. The van der Waals surface area contributed by atoms with E-state index in [0.717, 1.165) is 25.3 Å². The Labute approximate surface area is 128 Å². The molecular formula is C18H26N2O. The molecule has 21 heavy (non-hydrogen) atoms. The standard InChI is InChI=1S/C18H26N2O/c1-5-11-19-14(2)16-6-8-18(9-7-16)20(4)13-17-10-12-21-15(17)3/h6-10,12,14,19H,5,11,13H2,1-4H3. The monoisotopic (exact) mass is 286 g/mol. The number of benzene rings is 1. The number of aryl methyl sites for hydroxylation is 1. The van der Waals surface area contributed by atoms with Gasteiger partial charge in [0.05, 0.1) is 6.26 Å². The van der Waals surface area contributed by atoms with Gasteiger partial charge in [0.1, 0.15) is 5.76 Å². The Morgan fingerprint density at radius 3 is 2.48 bits per heavy atom. The average molecular weight is 286 g/mol. The molecule has 0 spiro atoms. The molecule has 0 radical (unpaired) electrons. The highest BCUT2D eigenvalue weighted by Gasteiger charge is 2.08. The van der Waals surface area contributed by atoms with E-state index >= 15 is 0 Å². The number of nitrogens with zero attached hydrogens (tertiary/aromatic N) is 1. The van der Waals surface area contributed by atoms with Crippen molar-refractivity contribution in [3.05, 3.63) is 53.5 Å². The minimum atomic E-state index is 0.403. The third-order valence-corrected chi connectivity index (χ3v) is 3.91. The zero-order chi connectivity index (χ0) is 15.2. The van der Waals surface area contributed by atoms with Crippen LogP contribution >= 0.6 is 0 Å². The van der Waals surface area contributed by atoms with Crippen LogP contribution in [0.15, 0.2) is 41.0 Å². The van der Waals surface area contributed by atoms with Crippen LogP contribution in [0, 0.1) is 6.92 Å². The second kappa shape index (κ2) is 7.32. The van der Waals surface area contributed by atoms with Crippen molar-refractivity contribution in [1.29, 1.82) is 0 Å². The molecule has 0 aliphatic rings. The van der Waals surface area contributed by atoms with Crippen molar-refractivity contribution in [1.82, 2.24) is 5.32 Å². The molecule has 1 atom stereocenters. The molecule has 1 heterocycles. The summed E-state index contributed by atoms with van der Waals surface area (Å²) in [6, 6.07) is 11.2. The molecule has 1 N–H and O–H groups in total. The third-order valence-electron chi connectivity index (χ3n) is 3.91. The largest absolute Gasteiger partial charge is 0.469 e. The fraction of sp³-hybridized carbons (Fsp3) is 0.444. The van der Waals surface area contributed by atoms with Crippen LogP contribution in [0.4, 0.5) is 5.69 Å². The summed E-state index contributed by atoms with van der Waals surface area (Å²) in [5.41, 5.74) is 3.79. The first-order chi connectivity index (χ1) is 10.1. The summed E-state index contributed by atoms with van der Waals surface area (Å²) >= 11 is 0. The van der Waals surface area contributed by atoms with E-state index in [1.807, 2.05) is 13.0 Å². The van der Waals surface area contributed by atoms with Gasteiger partial charge in [-0.05, 0) is 50.6 Å². The predicted octanol–water partition coefficient (Wildman–Crippen LogP) is 4.29. The van der Waals surface area contributed by atoms with Gasteiger partial charge in [-0.3, -0.25) is 0 Å². The van der Waals surface area contributed by atoms with Crippen molar-refractivity contribution >= 4 is 5.69 Å². The van der Waals surface area contributed by atoms with Gasteiger partial charge < -0.3 is 14.6 Å². The first-order valence-corrected chi connectivity index (χ1v) is 7.69. The molecule has 1 aromatic carbocycles. The van der Waals surface area contributed by atoms with E-state index in [4.69, 9.17) is 4.42 Å². The lowest BCUT2D eigenvalue weighted by molar-refractivity contribution is 0.529. The molecule has 1 aromatic heterocycles. The molecular weight excluding hydrogens is 260 g/mol. The first kappa shape index (κ1) is 15.6. The maximum absolute atomic E-state index is 5.35. The Morgan fingerprint density at radius 2 is 1.90 bits per heavy atom. The van der Waals surface area contributed by atoms with Crippen LogP contribution < -0.4 is 10.2 Å². The van der Waals surface area contributed by atoms with Crippen LogP contribution in [0.1, 0.15) is 43.2 Å². The second-order valence-electron chi connectivity index (χ2n) is 5.63. The van der Waals surface area contributed by atoms with Crippen LogP contribution in [0.5, 0.6) is 0 Å². The van der Waals surface area contributed by atoms with Gasteiger partial charge >= 0.3 is 0 Å². The highest BCUT2D eigenvalue weighted by atomic mass is 16.3. The molecule has 0 bridgehead atoms. The minimum Gasteiger partial charge on any atom is -0.469 e. The smallest absolute Gasteiger partial charge is 0.105 e. The Kier molecular flexibility index (Phi) is 5.45. The number of nitrogens with one attached hydrogen (secondary N) is 1. The zero-order valence-corrected chi connectivity index (χ0v) is 13.5. The Bertz CT molecular complexity index is 545. The molecule has 2 rings (SSSR count). The summed E-state index contributed by atoms with van der Waals surface area (Å²) < 4.78 is 5.35. The van der Waals surface area contributed by atoms with E-state index in [9.17, 15) is 0 Å². The fourth-order valence-electron chi connectivity index (χ4n) is 2.42. The Balaban J connectivity index is 1.99. The average Bonchev–Trinajstić information content (AvgIpc) is 2.90. The number of hydrogen-bond donors (Lipinski definition) is 1. The van der Waals surface area contributed by atoms with E-state index < -0.39 is 0 Å². The molecule has 0 fully saturated rings. The molecule has 3 heteroatoms. The lowest BCUT2D eigenvalue weighted by Crippen LogP contribution is -2.20. The summed E-state index contributed by atoms with van der Waals surface area (Å²) in [5.74, 6) is 0.996. The Morgan fingerprint density at radius 1 is 1.19 bits per heavy atom. The van der Waals surface area contributed by atoms with E-state index in [1.54, 1.807) is 6.26 Å². The summed E-state index contributed by atoms with van der Waals surface area (Å²) in [6.07, 6.45) is 2.91. The van der Waals surface area contributed by atoms with E-state index in [1.165, 1.54) is 16.8 Å². The predicted molar refractivity (Wildman–Crippen MR) is 88.7 cm³/mol. The van der Waals surface area contributed by atoms with Gasteiger partial charge in [-0.25, -0.2) is 0 Å². The fourth-order valence-corrected chi connectivity index (χ4v) is 2.42. The van der Waals surface area contributed by atoms with Gasteiger partial charge in [0.15, 0.2) is 0 Å². The van der Waals surface area contributed by atoms with Crippen LogP contribution in [-0.4, -0.2) is 13.6 Å². The highest BCUT2D eigenvalue weighted by Crippen LogP contribution is 2.21. The Hall–Kier alpha value is -1.74. The second-order valence-corrected chi connectivity index (χ2v) is 5.63. The zero-order valence-electron chi connectivity index (χ0n) is 13.5. The molecule has 114 valence electrons. The number of hydrogen-bond acceptors (Lipinski definition) is 3. The van der Waals surface area contributed by atoms with Crippen molar-refractivity contribution in [2.75, 3.05) is 18.5 Å². The number of rotatable bonds is 7. The van der Waals surface area contributed by atoms with Crippen molar-refractivity contribution in [2.24, 2.45) is 0 Å². The topological polar surface area (TPSA) is 28.4 Å². The van der Waals surface area contributed by atoms with E-state index in [2.05, 4.69) is 55.4 Å². The molecule has 2 aromatic rings. The molecule has 0 saturated carbocycles. The highest BCUT2D eigenvalue weighted by molar-refractivity contribution is 5.48. The lowest BCUT2D eigenvalue weighted by Gasteiger charge is -2.20. The van der Waals surface area contributed by atoms with Crippen molar-refractivity contribution in [3.8, 4) is 0 Å². The van der Waals surface area contributed by atoms with Gasteiger partial charge in [0.2, 0.25) is 0 Å². The molecule has 0 saturated heterocycles. The lowest BCUT2D eigenvalue weighted by atomic mass is 10.1. The summed E-state index contributed by atoms with van der Waals surface area (Å²) in [6.45, 7) is 8.33. The van der Waals surface area contributed by atoms with Crippen LogP contribution in [0.3, 0.4) is 0 Å². The summed E-state index contributed by atoms with van der Waals surface area (Å²) in [5, 5.41) is 3.52. The van der Waals surface area contributed by atoms with Crippen LogP contribution in [0.2, 0.25) is 0 Å². The van der Waals surface area contributed by atoms with Crippen molar-refractivity contribution in [3.63, 3.8) is 0 Å². The van der Waals surface area contributed by atoms with Gasteiger partial charge in [0, 0.05) is 30.9 Å². The maximum atomic E-state index is 5.35. The maximum Gasteiger partial charge on any atom is 0.105 e. The molecule has 0 amide bonds. The van der Waals surface area contributed by atoms with Crippen molar-refractivity contribution < 1.29 is 4.42 Å². The normalized spacial score (nSPS) is 12.4. The van der Waals surface area contributed by atoms with Crippen LogP contribution in [0.25, 0.3) is 0 Å². The number of anilines is 1. The van der Waals surface area contributed by atoms with E-state index in [0.29, 0.717) is 6.04 Å². The SMILES string of the molecule is CCCNC(C)c1ccc(N(C)Cc2ccoc2C)cc1. The third kappa shape index (κ3) is 4.11. The minimum absolute atomic E-state index is 0.403. The molecule has 0 aliphatic carbocycles. The number of furan rings is 1. The van der Waals surface area contributed by atoms with Gasteiger partial charge in [0.25, 0.3) is 0 Å². The van der Waals surface area contributed by atoms with Crippen LogP contribution in [-0.2, 0) is 6.54 Å². The van der Waals surface area contributed by atoms with Gasteiger partial charge in [-0.2, -0.15) is 0 Å². The first-order valence-electron chi connectivity index (χ1n) is 7.69. The summed E-state index contributed by atoms with van der Waals surface area (Å²) in [4.78, 5) is 2.24. The molecule has 1 unspecified atom stereocenters. The molecule has 0 aliphatic heterocycles. The van der Waals surface area contributed by atoms with Crippen molar-refractivity contribution in [2.45, 2.75) is 39.8 Å². The van der Waals surface area contributed by atoms with Gasteiger partial charge in [-0.15, -0.1) is 0 Å². The van der Waals surface area contributed by atoms with E-state index in [-0.39, 0.29) is 0 Å². The van der Waals surface area contributed by atoms with Gasteiger partial charge in [-0.1, -0.05) is 19.1 Å². The molecule has 3 nitrogen and oxygen atoms in total. The quantitative estimate of drug-likeness (QED) is 0.823.